The van der Waals surface area contributed by atoms with Gasteiger partial charge in [-0.1, -0.05) is 13.8 Å². The lowest BCUT2D eigenvalue weighted by Crippen LogP contribution is -2.26. The molecule has 0 saturated heterocycles. The maximum Gasteiger partial charge on any atom is 0.203 e. The van der Waals surface area contributed by atoms with Crippen molar-refractivity contribution in [3.63, 3.8) is 0 Å². The largest absolute Gasteiger partial charge is 0.493 e. The molecule has 21 heavy (non-hydrogen) atoms. The Kier molecular flexibility index (Phi) is 6.78. The van der Waals surface area contributed by atoms with Crippen LogP contribution in [0.4, 0.5) is 0 Å². The minimum Gasteiger partial charge on any atom is -0.493 e. The normalized spacial score (nSPS) is 13.9. The molecule has 1 rings (SSSR count). The van der Waals surface area contributed by atoms with E-state index < -0.39 is 6.10 Å². The minimum atomic E-state index is -0.582. The molecule has 120 valence electrons. The molecule has 0 heterocycles. The number of rotatable bonds is 8. The summed E-state index contributed by atoms with van der Waals surface area (Å²) in [6, 6.07) is 4.23. The van der Waals surface area contributed by atoms with E-state index in [0.29, 0.717) is 23.3 Å². The molecule has 5 nitrogen and oxygen atoms in total. The lowest BCUT2D eigenvalue weighted by molar-refractivity contribution is 0.0567. The molecule has 0 bridgehead atoms. The van der Waals surface area contributed by atoms with Gasteiger partial charge in [-0.2, -0.15) is 0 Å². The SMILES string of the molecule is COc1cc(CNC(C)C)cc(OC)c1OC(C)C(C)O. The van der Waals surface area contributed by atoms with Crippen LogP contribution in [0.5, 0.6) is 17.2 Å². The molecular weight excluding hydrogens is 270 g/mol. The summed E-state index contributed by atoms with van der Waals surface area (Å²) in [7, 11) is 3.18. The third kappa shape index (κ3) is 5.10. The van der Waals surface area contributed by atoms with Crippen LogP contribution in [0.15, 0.2) is 12.1 Å². The van der Waals surface area contributed by atoms with Crippen molar-refractivity contribution >= 4 is 0 Å². The zero-order valence-corrected chi connectivity index (χ0v) is 13.8. The van der Waals surface area contributed by atoms with E-state index >= 15 is 0 Å². The fourth-order valence-electron chi connectivity index (χ4n) is 1.76. The molecule has 0 amide bonds. The Hall–Kier alpha value is -1.46. The predicted octanol–water partition coefficient (Wildman–Crippen LogP) is 2.35. The van der Waals surface area contributed by atoms with Crippen molar-refractivity contribution in [1.82, 2.24) is 5.32 Å². The van der Waals surface area contributed by atoms with Crippen molar-refractivity contribution in [2.45, 2.75) is 52.5 Å². The first-order chi connectivity index (χ1) is 9.88. The molecule has 0 aliphatic rings. The van der Waals surface area contributed by atoms with Crippen LogP contribution in [0.1, 0.15) is 33.3 Å². The van der Waals surface area contributed by atoms with E-state index in [1.54, 1.807) is 28.1 Å². The van der Waals surface area contributed by atoms with Gasteiger partial charge in [0.15, 0.2) is 11.5 Å². The van der Waals surface area contributed by atoms with Gasteiger partial charge in [0.05, 0.1) is 20.3 Å². The number of hydrogen-bond donors (Lipinski definition) is 2. The summed E-state index contributed by atoms with van der Waals surface area (Å²) < 4.78 is 16.6. The number of ether oxygens (including phenoxy) is 3. The lowest BCUT2D eigenvalue weighted by atomic mass is 10.1. The van der Waals surface area contributed by atoms with E-state index in [9.17, 15) is 5.11 Å². The van der Waals surface area contributed by atoms with Gasteiger partial charge in [-0.3, -0.25) is 0 Å². The number of methoxy groups -OCH3 is 2. The summed E-state index contributed by atoms with van der Waals surface area (Å²) in [5, 5.41) is 12.9. The Morgan fingerprint density at radius 3 is 1.95 bits per heavy atom. The zero-order valence-electron chi connectivity index (χ0n) is 13.8. The molecule has 5 heteroatoms. The smallest absolute Gasteiger partial charge is 0.203 e. The molecule has 1 aromatic carbocycles. The van der Waals surface area contributed by atoms with Gasteiger partial charge < -0.3 is 24.6 Å². The first-order valence-corrected chi connectivity index (χ1v) is 7.22. The van der Waals surface area contributed by atoms with Gasteiger partial charge >= 0.3 is 0 Å². The van der Waals surface area contributed by atoms with Gasteiger partial charge in [0, 0.05) is 12.6 Å². The topological polar surface area (TPSA) is 60.0 Å². The summed E-state index contributed by atoms with van der Waals surface area (Å²) in [5.41, 5.74) is 1.05. The van der Waals surface area contributed by atoms with E-state index in [2.05, 4.69) is 19.2 Å². The Bertz CT molecular complexity index is 421. The Balaban J connectivity index is 3.06. The van der Waals surface area contributed by atoms with Crippen LogP contribution in [0.2, 0.25) is 0 Å². The maximum atomic E-state index is 9.59. The van der Waals surface area contributed by atoms with E-state index in [1.807, 2.05) is 12.1 Å². The van der Waals surface area contributed by atoms with E-state index in [4.69, 9.17) is 14.2 Å². The highest BCUT2D eigenvalue weighted by molar-refractivity contribution is 5.54. The van der Waals surface area contributed by atoms with Gasteiger partial charge in [-0.15, -0.1) is 0 Å². The molecule has 2 unspecified atom stereocenters. The number of aliphatic hydroxyl groups is 1. The highest BCUT2D eigenvalue weighted by Crippen LogP contribution is 2.39. The molecule has 0 spiro atoms. The minimum absolute atomic E-state index is 0.354. The lowest BCUT2D eigenvalue weighted by Gasteiger charge is -2.22. The first-order valence-electron chi connectivity index (χ1n) is 7.22. The van der Waals surface area contributed by atoms with Gasteiger partial charge in [0.2, 0.25) is 5.75 Å². The predicted molar refractivity (Wildman–Crippen MR) is 83.3 cm³/mol. The van der Waals surface area contributed by atoms with Crippen LogP contribution < -0.4 is 19.5 Å². The quantitative estimate of drug-likeness (QED) is 0.771. The average Bonchev–Trinajstić information content (AvgIpc) is 2.45. The zero-order chi connectivity index (χ0) is 16.0. The summed E-state index contributed by atoms with van der Waals surface area (Å²) in [6.45, 7) is 8.39. The van der Waals surface area contributed by atoms with Crippen molar-refractivity contribution in [3.05, 3.63) is 17.7 Å². The van der Waals surface area contributed by atoms with Gasteiger partial charge in [0.25, 0.3) is 0 Å². The molecular formula is C16H27NO4. The molecule has 0 saturated carbocycles. The van der Waals surface area contributed by atoms with Crippen LogP contribution >= 0.6 is 0 Å². The Morgan fingerprint density at radius 1 is 1.05 bits per heavy atom. The maximum absolute atomic E-state index is 9.59. The molecule has 2 N–H and O–H groups in total. The van der Waals surface area contributed by atoms with Crippen LogP contribution in [0.25, 0.3) is 0 Å². The summed E-state index contributed by atoms with van der Waals surface area (Å²) in [5.74, 6) is 1.71. The van der Waals surface area contributed by atoms with Crippen molar-refractivity contribution in [2.24, 2.45) is 0 Å². The van der Waals surface area contributed by atoms with Crippen LogP contribution in [-0.4, -0.2) is 37.6 Å². The van der Waals surface area contributed by atoms with Gasteiger partial charge in [-0.05, 0) is 31.5 Å². The second-order valence-corrected chi connectivity index (χ2v) is 5.43. The fraction of sp³-hybridized carbons (Fsp3) is 0.625. The van der Waals surface area contributed by atoms with Crippen molar-refractivity contribution < 1.29 is 19.3 Å². The van der Waals surface area contributed by atoms with Crippen LogP contribution in [0, 0.1) is 0 Å². The van der Waals surface area contributed by atoms with Gasteiger partial charge in [-0.25, -0.2) is 0 Å². The third-order valence-electron chi connectivity index (χ3n) is 3.22. The number of aliphatic hydroxyl groups excluding tert-OH is 1. The van der Waals surface area contributed by atoms with E-state index in [-0.39, 0.29) is 6.10 Å². The van der Waals surface area contributed by atoms with Crippen LogP contribution in [0.3, 0.4) is 0 Å². The number of hydrogen-bond acceptors (Lipinski definition) is 5. The molecule has 0 aliphatic heterocycles. The third-order valence-corrected chi connectivity index (χ3v) is 3.22. The molecule has 0 aromatic heterocycles. The van der Waals surface area contributed by atoms with Crippen molar-refractivity contribution in [1.29, 1.82) is 0 Å². The summed E-state index contributed by atoms with van der Waals surface area (Å²) >= 11 is 0. The number of benzene rings is 1. The average molecular weight is 297 g/mol. The summed E-state index contributed by atoms with van der Waals surface area (Å²) in [4.78, 5) is 0. The van der Waals surface area contributed by atoms with Crippen molar-refractivity contribution in [2.75, 3.05) is 14.2 Å². The van der Waals surface area contributed by atoms with Crippen molar-refractivity contribution in [3.8, 4) is 17.2 Å². The summed E-state index contributed by atoms with van der Waals surface area (Å²) in [6.07, 6.45) is -0.936. The second kappa shape index (κ2) is 8.10. The molecule has 1 aromatic rings. The highest BCUT2D eigenvalue weighted by atomic mass is 16.5. The second-order valence-electron chi connectivity index (χ2n) is 5.43. The van der Waals surface area contributed by atoms with Gasteiger partial charge in [0.1, 0.15) is 6.10 Å². The Labute approximate surface area is 127 Å². The van der Waals surface area contributed by atoms with E-state index in [1.165, 1.54) is 0 Å². The molecule has 0 radical (unpaired) electrons. The van der Waals surface area contributed by atoms with Crippen LogP contribution in [-0.2, 0) is 6.54 Å². The molecule has 0 aliphatic carbocycles. The van der Waals surface area contributed by atoms with E-state index in [0.717, 1.165) is 12.1 Å². The standard InChI is InChI=1S/C16H27NO4/c1-10(2)17-9-13-7-14(19-5)16(15(8-13)20-6)21-12(4)11(3)18/h7-8,10-12,17-18H,9H2,1-6H3. The number of nitrogens with one attached hydrogen (secondary N) is 1. The molecule has 2 atom stereocenters. The highest BCUT2D eigenvalue weighted by Gasteiger charge is 2.19. The molecule has 0 fully saturated rings. The Morgan fingerprint density at radius 2 is 1.57 bits per heavy atom. The monoisotopic (exact) mass is 297 g/mol. The fourth-order valence-corrected chi connectivity index (χ4v) is 1.76. The first kappa shape index (κ1) is 17.6.